The van der Waals surface area contributed by atoms with E-state index in [9.17, 15) is 4.79 Å². The summed E-state index contributed by atoms with van der Waals surface area (Å²) in [4.78, 5) is 14.9. The highest BCUT2D eigenvalue weighted by atomic mass is 16.5. The van der Waals surface area contributed by atoms with Crippen LogP contribution in [-0.4, -0.2) is 64.2 Å². The SMILES string of the molecule is COCCn1ccc(C(=O)N2CCc3[nH]nc(-c4ccc5c(c4)CCCO5)c3CC2)n1. The average molecular weight is 422 g/mol. The summed E-state index contributed by atoms with van der Waals surface area (Å²) in [6.07, 6.45) is 5.44. The smallest absolute Gasteiger partial charge is 0.274 e. The lowest BCUT2D eigenvalue weighted by molar-refractivity contribution is 0.0755. The number of ether oxygens (including phenoxy) is 2. The van der Waals surface area contributed by atoms with Gasteiger partial charge in [-0.3, -0.25) is 14.6 Å². The lowest BCUT2D eigenvalue weighted by Gasteiger charge is -2.19. The lowest BCUT2D eigenvalue weighted by Crippen LogP contribution is -2.33. The van der Waals surface area contributed by atoms with Gasteiger partial charge in [0.05, 0.1) is 25.5 Å². The molecule has 162 valence electrons. The van der Waals surface area contributed by atoms with E-state index in [0.717, 1.165) is 55.0 Å². The normalized spacial score (nSPS) is 15.7. The van der Waals surface area contributed by atoms with Crippen LogP contribution in [0.25, 0.3) is 11.3 Å². The second kappa shape index (κ2) is 8.55. The minimum Gasteiger partial charge on any atom is -0.493 e. The molecule has 31 heavy (non-hydrogen) atoms. The van der Waals surface area contributed by atoms with E-state index < -0.39 is 0 Å². The van der Waals surface area contributed by atoms with Crippen molar-refractivity contribution in [2.75, 3.05) is 33.4 Å². The Balaban J connectivity index is 1.32. The van der Waals surface area contributed by atoms with Gasteiger partial charge in [0.15, 0.2) is 0 Å². The van der Waals surface area contributed by atoms with Gasteiger partial charge in [-0.1, -0.05) is 0 Å². The minimum atomic E-state index is -0.0261. The van der Waals surface area contributed by atoms with Crippen LogP contribution in [0.3, 0.4) is 0 Å². The van der Waals surface area contributed by atoms with Crippen LogP contribution >= 0.6 is 0 Å². The standard InChI is InChI=1S/C23H27N5O3/c1-30-14-12-28-11-8-20(26-28)23(29)27-9-6-18-19(7-10-27)24-25-22(18)17-4-5-21-16(15-17)3-2-13-31-21/h4-5,8,11,15H,2-3,6-7,9-10,12-14H2,1H3,(H,24,25). The average Bonchev–Trinajstić information content (AvgIpc) is 3.39. The number of aromatic amines is 1. The van der Waals surface area contributed by atoms with E-state index in [1.54, 1.807) is 17.9 Å². The maximum atomic E-state index is 13.0. The van der Waals surface area contributed by atoms with Crippen molar-refractivity contribution in [2.24, 2.45) is 0 Å². The quantitative estimate of drug-likeness (QED) is 0.684. The van der Waals surface area contributed by atoms with Crippen LogP contribution in [0.15, 0.2) is 30.5 Å². The van der Waals surface area contributed by atoms with Gasteiger partial charge in [-0.05, 0) is 49.1 Å². The molecular formula is C23H27N5O3. The third-order valence-corrected chi connectivity index (χ3v) is 6.07. The summed E-state index contributed by atoms with van der Waals surface area (Å²) in [7, 11) is 1.66. The molecule has 8 heteroatoms. The molecule has 3 aromatic rings. The Morgan fingerprint density at radius 1 is 1.23 bits per heavy atom. The molecule has 5 rings (SSSR count). The molecule has 0 atom stereocenters. The van der Waals surface area contributed by atoms with Crippen molar-refractivity contribution in [3.8, 4) is 17.0 Å². The van der Waals surface area contributed by atoms with Crippen LogP contribution in [-0.2, 0) is 30.5 Å². The Bertz CT molecular complexity index is 1090. The Labute approximate surface area is 181 Å². The second-order valence-corrected chi connectivity index (χ2v) is 8.05. The number of nitrogens with zero attached hydrogens (tertiary/aromatic N) is 4. The van der Waals surface area contributed by atoms with Crippen LogP contribution in [0.2, 0.25) is 0 Å². The van der Waals surface area contributed by atoms with Gasteiger partial charge in [-0.2, -0.15) is 10.2 Å². The molecule has 0 saturated heterocycles. The van der Waals surface area contributed by atoms with Crippen molar-refractivity contribution in [1.29, 1.82) is 0 Å². The largest absolute Gasteiger partial charge is 0.493 e. The molecular weight excluding hydrogens is 394 g/mol. The number of fused-ring (bicyclic) bond motifs is 2. The number of aromatic nitrogens is 4. The summed E-state index contributed by atoms with van der Waals surface area (Å²) in [6, 6.07) is 8.12. The van der Waals surface area contributed by atoms with E-state index in [1.807, 2.05) is 11.1 Å². The molecule has 2 aliphatic rings. The molecule has 1 amide bonds. The van der Waals surface area contributed by atoms with Gasteiger partial charge < -0.3 is 14.4 Å². The first-order valence-corrected chi connectivity index (χ1v) is 10.9. The van der Waals surface area contributed by atoms with Crippen LogP contribution in [0.1, 0.15) is 33.7 Å². The molecule has 0 saturated carbocycles. The fourth-order valence-electron chi connectivity index (χ4n) is 4.38. The fraction of sp³-hybridized carbons (Fsp3) is 0.435. The number of amides is 1. The first kappa shape index (κ1) is 19.8. The topological polar surface area (TPSA) is 85.3 Å². The number of benzene rings is 1. The van der Waals surface area contributed by atoms with Crippen LogP contribution in [0, 0.1) is 0 Å². The Morgan fingerprint density at radius 2 is 2.13 bits per heavy atom. The van der Waals surface area contributed by atoms with E-state index in [0.29, 0.717) is 31.9 Å². The Morgan fingerprint density at radius 3 is 3.03 bits per heavy atom. The van der Waals surface area contributed by atoms with E-state index >= 15 is 0 Å². The molecule has 4 heterocycles. The highest BCUT2D eigenvalue weighted by Crippen LogP contribution is 2.32. The van der Waals surface area contributed by atoms with Crippen molar-refractivity contribution in [3.63, 3.8) is 0 Å². The predicted octanol–water partition coefficient (Wildman–Crippen LogP) is 2.49. The molecule has 0 spiro atoms. The second-order valence-electron chi connectivity index (χ2n) is 8.05. The summed E-state index contributed by atoms with van der Waals surface area (Å²) in [5.41, 5.74) is 6.15. The number of methoxy groups -OCH3 is 1. The van der Waals surface area contributed by atoms with E-state index in [4.69, 9.17) is 9.47 Å². The Kier molecular flexibility index (Phi) is 5.46. The summed E-state index contributed by atoms with van der Waals surface area (Å²) in [6.45, 7) is 3.29. The molecule has 2 aliphatic heterocycles. The van der Waals surface area contributed by atoms with Crippen molar-refractivity contribution < 1.29 is 14.3 Å². The van der Waals surface area contributed by atoms with Gasteiger partial charge in [0.1, 0.15) is 11.4 Å². The molecule has 0 fully saturated rings. The first-order chi connectivity index (χ1) is 15.2. The maximum absolute atomic E-state index is 13.0. The zero-order chi connectivity index (χ0) is 21.2. The van der Waals surface area contributed by atoms with Gasteiger partial charge in [0.2, 0.25) is 0 Å². The Hall–Kier alpha value is -3.13. The van der Waals surface area contributed by atoms with E-state index in [1.165, 1.54) is 11.1 Å². The van der Waals surface area contributed by atoms with Gasteiger partial charge in [-0.15, -0.1) is 0 Å². The summed E-state index contributed by atoms with van der Waals surface area (Å²) in [5.74, 6) is 0.958. The number of carbonyl (C=O) groups is 1. The number of carbonyl (C=O) groups excluding carboxylic acids is 1. The highest BCUT2D eigenvalue weighted by molar-refractivity contribution is 5.92. The summed E-state index contributed by atoms with van der Waals surface area (Å²) in [5, 5.41) is 12.3. The third-order valence-electron chi connectivity index (χ3n) is 6.07. The number of H-pyrrole nitrogens is 1. The summed E-state index contributed by atoms with van der Waals surface area (Å²) < 4.78 is 12.6. The van der Waals surface area contributed by atoms with Gasteiger partial charge in [-0.25, -0.2) is 0 Å². The van der Waals surface area contributed by atoms with E-state index in [2.05, 4.69) is 33.5 Å². The number of nitrogens with one attached hydrogen (secondary N) is 1. The zero-order valence-corrected chi connectivity index (χ0v) is 17.8. The summed E-state index contributed by atoms with van der Waals surface area (Å²) >= 11 is 0. The van der Waals surface area contributed by atoms with Gasteiger partial charge in [0, 0.05) is 49.6 Å². The van der Waals surface area contributed by atoms with Crippen molar-refractivity contribution >= 4 is 5.91 Å². The first-order valence-electron chi connectivity index (χ1n) is 10.9. The maximum Gasteiger partial charge on any atom is 0.274 e. The fourth-order valence-corrected chi connectivity index (χ4v) is 4.38. The molecule has 1 aromatic carbocycles. The van der Waals surface area contributed by atoms with Crippen LogP contribution in [0.5, 0.6) is 5.75 Å². The van der Waals surface area contributed by atoms with Gasteiger partial charge >= 0.3 is 0 Å². The van der Waals surface area contributed by atoms with Crippen LogP contribution in [0.4, 0.5) is 0 Å². The third kappa shape index (κ3) is 3.95. The zero-order valence-electron chi connectivity index (χ0n) is 17.8. The molecule has 0 radical (unpaired) electrons. The number of hydrogen-bond donors (Lipinski definition) is 1. The van der Waals surface area contributed by atoms with Crippen molar-refractivity contribution in [1.82, 2.24) is 24.9 Å². The molecule has 0 aliphatic carbocycles. The molecule has 0 unspecified atom stereocenters. The molecule has 2 aromatic heterocycles. The van der Waals surface area contributed by atoms with Gasteiger partial charge in [0.25, 0.3) is 5.91 Å². The highest BCUT2D eigenvalue weighted by Gasteiger charge is 2.25. The van der Waals surface area contributed by atoms with E-state index in [-0.39, 0.29) is 5.91 Å². The predicted molar refractivity (Wildman–Crippen MR) is 115 cm³/mol. The minimum absolute atomic E-state index is 0.0261. The number of hydrogen-bond acceptors (Lipinski definition) is 5. The lowest BCUT2D eigenvalue weighted by atomic mass is 9.98. The van der Waals surface area contributed by atoms with Crippen molar-refractivity contribution in [2.45, 2.75) is 32.2 Å². The number of aryl methyl sites for hydroxylation is 1. The molecule has 0 bridgehead atoms. The van der Waals surface area contributed by atoms with Crippen LogP contribution < -0.4 is 4.74 Å². The number of rotatable bonds is 5. The molecule has 8 nitrogen and oxygen atoms in total. The molecule has 1 N–H and O–H groups in total. The van der Waals surface area contributed by atoms with Crippen molar-refractivity contribution in [3.05, 3.63) is 53.0 Å². The monoisotopic (exact) mass is 421 g/mol.